The number of amides is 2. The SMILES string of the molecule is CC(C)(O/N=C(\C(=O)NC1C(=O)N2C(C(=O)O)=C(CN3C=Cc4sc(N)nc4C3)CS[C@H]12)c1csc(N)n1)C(=O)O. The third-order valence-electron chi connectivity index (χ3n) is 6.32. The van der Waals surface area contributed by atoms with Crippen LogP contribution in [0.5, 0.6) is 0 Å². The number of aromatic nitrogens is 2. The number of thiazole rings is 2. The first-order valence-electron chi connectivity index (χ1n) is 11.9. The molecule has 5 heterocycles. The first kappa shape index (κ1) is 28.4. The molecule has 1 unspecified atom stereocenters. The molecule has 41 heavy (non-hydrogen) atoms. The molecule has 3 aliphatic heterocycles. The van der Waals surface area contributed by atoms with Gasteiger partial charge in [0.15, 0.2) is 16.0 Å². The number of carbonyl (C=O) groups excluding carboxylic acids is 2. The molecule has 3 aliphatic rings. The normalized spacial score (nSPS) is 20.3. The lowest BCUT2D eigenvalue weighted by atomic mass is 10.0. The number of thioether (sulfide) groups is 1. The molecule has 0 aromatic carbocycles. The molecular weight excluding hydrogens is 597 g/mol. The number of nitrogens with zero attached hydrogens (tertiary/aromatic N) is 5. The fraction of sp³-hybridized carbons (Fsp3) is 0.348. The van der Waals surface area contributed by atoms with Crippen molar-refractivity contribution in [3.8, 4) is 0 Å². The van der Waals surface area contributed by atoms with Crippen molar-refractivity contribution in [1.29, 1.82) is 0 Å². The van der Waals surface area contributed by atoms with E-state index in [1.54, 1.807) is 0 Å². The number of nitrogen functional groups attached to an aromatic ring is 2. The molecule has 2 atom stereocenters. The van der Waals surface area contributed by atoms with Gasteiger partial charge in [-0.1, -0.05) is 16.5 Å². The van der Waals surface area contributed by atoms with E-state index in [0.29, 0.717) is 23.0 Å². The first-order chi connectivity index (χ1) is 19.4. The van der Waals surface area contributed by atoms with E-state index in [-0.39, 0.29) is 28.8 Å². The van der Waals surface area contributed by atoms with Crippen LogP contribution in [-0.4, -0.2) is 88.8 Å². The zero-order valence-electron chi connectivity index (χ0n) is 21.6. The fourth-order valence-electron chi connectivity index (χ4n) is 4.21. The molecule has 7 N–H and O–H groups in total. The second kappa shape index (κ2) is 10.7. The topological polar surface area (TPSA) is 227 Å². The van der Waals surface area contributed by atoms with Gasteiger partial charge < -0.3 is 36.7 Å². The number of fused-ring (bicyclic) bond motifs is 2. The van der Waals surface area contributed by atoms with Crippen molar-refractivity contribution in [2.45, 2.75) is 37.4 Å². The number of oxime groups is 1. The molecule has 0 saturated carbocycles. The summed E-state index contributed by atoms with van der Waals surface area (Å²) in [6.07, 6.45) is 3.70. The zero-order valence-corrected chi connectivity index (χ0v) is 24.0. The van der Waals surface area contributed by atoms with E-state index in [1.807, 2.05) is 17.2 Å². The number of carboxylic acids is 2. The Labute approximate surface area is 244 Å². The predicted molar refractivity (Wildman–Crippen MR) is 152 cm³/mol. The summed E-state index contributed by atoms with van der Waals surface area (Å²) in [7, 11) is 0. The highest BCUT2D eigenvalue weighted by atomic mass is 32.2. The zero-order chi connectivity index (χ0) is 29.6. The van der Waals surface area contributed by atoms with Crippen molar-refractivity contribution in [3.63, 3.8) is 0 Å². The minimum atomic E-state index is -1.76. The fourth-order valence-corrected chi connectivity index (χ4v) is 6.83. The summed E-state index contributed by atoms with van der Waals surface area (Å²) in [6, 6.07) is -1.06. The molecule has 0 radical (unpaired) electrons. The van der Waals surface area contributed by atoms with Crippen molar-refractivity contribution in [3.05, 3.63) is 39.1 Å². The Morgan fingerprint density at radius 2 is 2.00 bits per heavy atom. The average Bonchev–Trinajstić information content (AvgIpc) is 3.50. The van der Waals surface area contributed by atoms with Crippen LogP contribution in [0.25, 0.3) is 6.08 Å². The molecule has 0 aliphatic carbocycles. The number of aliphatic carboxylic acids is 2. The number of nitrogens with two attached hydrogens (primary N) is 2. The van der Waals surface area contributed by atoms with Crippen LogP contribution in [-0.2, 0) is 30.6 Å². The summed E-state index contributed by atoms with van der Waals surface area (Å²) >= 11 is 3.71. The molecule has 1 fully saturated rings. The molecule has 0 bridgehead atoms. The number of hydrogen-bond donors (Lipinski definition) is 5. The van der Waals surface area contributed by atoms with Crippen LogP contribution >= 0.6 is 34.4 Å². The Hall–Kier alpha value is -4.16. The Bertz CT molecular complexity index is 1540. The van der Waals surface area contributed by atoms with Crippen LogP contribution in [0, 0.1) is 0 Å². The van der Waals surface area contributed by atoms with Crippen molar-refractivity contribution >= 4 is 80.2 Å². The standard InChI is InChI=1S/C23H24N8O7S3/c1-23(2,20(36)37)38-29-13(11-8-40-21(24)27-11)16(32)28-14-17(33)31-15(19(34)35)9(7-39-18(14)31)5-30-4-3-12-10(6-30)26-22(25)41-12/h3-4,8,14,18H,5-7H2,1-2H3,(H2,24,27)(H2,25,26)(H,28,32)(H,34,35)(H,36,37)/b29-13-/t14?,18-/m1/s1. The van der Waals surface area contributed by atoms with Crippen LogP contribution in [0.4, 0.5) is 10.3 Å². The monoisotopic (exact) mass is 620 g/mol. The third kappa shape index (κ3) is 5.44. The lowest BCUT2D eigenvalue weighted by molar-refractivity contribution is -0.161. The van der Waals surface area contributed by atoms with E-state index in [2.05, 4.69) is 20.4 Å². The molecule has 15 nitrogen and oxygen atoms in total. The summed E-state index contributed by atoms with van der Waals surface area (Å²) < 4.78 is 0. The van der Waals surface area contributed by atoms with E-state index in [0.717, 1.165) is 21.9 Å². The number of anilines is 2. The highest BCUT2D eigenvalue weighted by Crippen LogP contribution is 2.41. The van der Waals surface area contributed by atoms with Gasteiger partial charge in [-0.25, -0.2) is 19.6 Å². The number of β-lactam (4-membered cyclic amide) rings is 1. The van der Waals surface area contributed by atoms with Gasteiger partial charge in [-0.2, -0.15) is 0 Å². The van der Waals surface area contributed by atoms with Gasteiger partial charge >= 0.3 is 11.9 Å². The van der Waals surface area contributed by atoms with Gasteiger partial charge in [-0.05, 0) is 25.5 Å². The van der Waals surface area contributed by atoms with Crippen LogP contribution in [0.15, 0.2) is 28.0 Å². The number of carboxylic acid groups (broad SMARTS) is 2. The number of rotatable bonds is 9. The van der Waals surface area contributed by atoms with Crippen molar-refractivity contribution < 1.29 is 34.2 Å². The quantitative estimate of drug-likeness (QED) is 0.147. The van der Waals surface area contributed by atoms with E-state index in [4.69, 9.17) is 16.3 Å². The smallest absolute Gasteiger partial charge is 0.352 e. The van der Waals surface area contributed by atoms with E-state index in [1.165, 1.54) is 47.2 Å². The van der Waals surface area contributed by atoms with Gasteiger partial charge in [0, 0.05) is 23.9 Å². The first-order valence-corrected chi connectivity index (χ1v) is 14.7. The molecule has 5 rings (SSSR count). The molecule has 18 heteroatoms. The molecule has 216 valence electrons. The summed E-state index contributed by atoms with van der Waals surface area (Å²) in [5, 5.41) is 27.0. The van der Waals surface area contributed by atoms with Gasteiger partial charge in [0.05, 0.1) is 17.1 Å². The third-order valence-corrected chi connectivity index (χ3v) is 9.23. The number of hydrogen-bond acceptors (Lipinski definition) is 14. The average molecular weight is 621 g/mol. The molecule has 2 aromatic heterocycles. The maximum Gasteiger partial charge on any atom is 0.352 e. The second-order valence-electron chi connectivity index (χ2n) is 9.62. The Morgan fingerprint density at radius 1 is 1.24 bits per heavy atom. The summed E-state index contributed by atoms with van der Waals surface area (Å²) in [5.74, 6) is -3.75. The Morgan fingerprint density at radius 3 is 2.66 bits per heavy atom. The lowest BCUT2D eigenvalue weighted by Crippen LogP contribution is -2.71. The lowest BCUT2D eigenvalue weighted by Gasteiger charge is -2.49. The molecule has 2 amide bonds. The van der Waals surface area contributed by atoms with Crippen LogP contribution in [0.2, 0.25) is 0 Å². The number of nitrogens with one attached hydrogen (secondary N) is 1. The van der Waals surface area contributed by atoms with E-state index < -0.39 is 40.8 Å². The van der Waals surface area contributed by atoms with Gasteiger partial charge in [-0.15, -0.1) is 23.1 Å². The Balaban J connectivity index is 1.33. The molecule has 0 spiro atoms. The van der Waals surface area contributed by atoms with Crippen LogP contribution in [0.3, 0.4) is 0 Å². The summed E-state index contributed by atoms with van der Waals surface area (Å²) in [6.45, 7) is 3.20. The minimum absolute atomic E-state index is 0.0270. The van der Waals surface area contributed by atoms with Crippen molar-refractivity contribution in [2.24, 2.45) is 5.16 Å². The van der Waals surface area contributed by atoms with Gasteiger partial charge in [-0.3, -0.25) is 14.5 Å². The van der Waals surface area contributed by atoms with Gasteiger partial charge in [0.2, 0.25) is 5.60 Å². The van der Waals surface area contributed by atoms with Crippen LogP contribution in [0.1, 0.15) is 30.1 Å². The maximum absolute atomic E-state index is 13.2. The molecule has 1 saturated heterocycles. The van der Waals surface area contributed by atoms with Crippen molar-refractivity contribution in [2.75, 3.05) is 23.8 Å². The van der Waals surface area contributed by atoms with Gasteiger partial charge in [0.25, 0.3) is 11.8 Å². The Kier molecular flexibility index (Phi) is 7.39. The largest absolute Gasteiger partial charge is 0.478 e. The maximum atomic E-state index is 13.2. The van der Waals surface area contributed by atoms with E-state index in [9.17, 15) is 29.4 Å². The van der Waals surface area contributed by atoms with Gasteiger partial charge in [0.1, 0.15) is 22.8 Å². The summed E-state index contributed by atoms with van der Waals surface area (Å²) in [4.78, 5) is 67.6. The predicted octanol–water partition coefficient (Wildman–Crippen LogP) is 0.573. The number of carbonyl (C=O) groups is 4. The molecular formula is C23H24N8O7S3. The second-order valence-corrected chi connectivity index (χ2v) is 12.7. The van der Waals surface area contributed by atoms with Crippen molar-refractivity contribution in [1.82, 2.24) is 25.1 Å². The highest BCUT2D eigenvalue weighted by molar-refractivity contribution is 8.00. The van der Waals surface area contributed by atoms with E-state index >= 15 is 0 Å². The minimum Gasteiger partial charge on any atom is -0.478 e. The summed E-state index contributed by atoms with van der Waals surface area (Å²) in [5.41, 5.74) is 10.6. The molecule has 2 aromatic rings. The van der Waals surface area contributed by atoms with Crippen LogP contribution < -0.4 is 16.8 Å². The highest BCUT2D eigenvalue weighted by Gasteiger charge is 2.54.